The van der Waals surface area contributed by atoms with Crippen LogP contribution in [0.2, 0.25) is 5.02 Å². The maximum absolute atomic E-state index is 11.4. The van der Waals surface area contributed by atoms with Gasteiger partial charge in [0, 0.05) is 18.1 Å². The smallest absolute Gasteiger partial charge is 0.334 e. The predicted molar refractivity (Wildman–Crippen MR) is 66.3 cm³/mol. The van der Waals surface area contributed by atoms with E-state index in [-0.39, 0.29) is 22.8 Å². The van der Waals surface area contributed by atoms with E-state index in [4.69, 9.17) is 16.3 Å². The molecule has 1 aromatic carbocycles. The van der Waals surface area contributed by atoms with Crippen molar-refractivity contribution in [1.29, 1.82) is 0 Å². The van der Waals surface area contributed by atoms with E-state index < -0.39 is 4.92 Å². The van der Waals surface area contributed by atoms with Crippen molar-refractivity contribution < 1.29 is 14.5 Å². The fourth-order valence-corrected chi connectivity index (χ4v) is 1.96. The standard InChI is InChI=1S/C12H10ClNO4/c1-7-4-9(12(15)18-7)5-8-2-3-10(13)11(6-8)14(16)17/h2-3,5-7H,4H2,1H3/b9-5-/t7-/m0/s1. The number of hydrogen-bond acceptors (Lipinski definition) is 4. The van der Waals surface area contributed by atoms with Crippen LogP contribution in [0.4, 0.5) is 5.69 Å². The van der Waals surface area contributed by atoms with Gasteiger partial charge in [0.2, 0.25) is 0 Å². The van der Waals surface area contributed by atoms with Crippen LogP contribution in [-0.2, 0) is 9.53 Å². The molecule has 0 bridgehead atoms. The number of nitro groups is 1. The molecule has 1 aromatic rings. The summed E-state index contributed by atoms with van der Waals surface area (Å²) < 4.78 is 4.98. The van der Waals surface area contributed by atoms with Crippen molar-refractivity contribution in [3.8, 4) is 0 Å². The van der Waals surface area contributed by atoms with Crippen LogP contribution in [0.1, 0.15) is 18.9 Å². The van der Waals surface area contributed by atoms with Gasteiger partial charge in [-0.05, 0) is 24.6 Å². The zero-order valence-electron chi connectivity index (χ0n) is 9.55. The van der Waals surface area contributed by atoms with Crippen molar-refractivity contribution in [2.75, 3.05) is 0 Å². The molecule has 0 N–H and O–H groups in total. The Morgan fingerprint density at radius 1 is 1.56 bits per heavy atom. The summed E-state index contributed by atoms with van der Waals surface area (Å²) in [5, 5.41) is 10.8. The van der Waals surface area contributed by atoms with Crippen molar-refractivity contribution in [2.24, 2.45) is 0 Å². The number of nitrogens with zero attached hydrogens (tertiary/aromatic N) is 1. The fraction of sp³-hybridized carbons (Fsp3) is 0.250. The van der Waals surface area contributed by atoms with Crippen molar-refractivity contribution in [3.63, 3.8) is 0 Å². The largest absolute Gasteiger partial charge is 0.459 e. The van der Waals surface area contributed by atoms with Gasteiger partial charge in [0.05, 0.1) is 4.92 Å². The molecule has 18 heavy (non-hydrogen) atoms. The maximum atomic E-state index is 11.4. The molecule has 0 unspecified atom stereocenters. The molecule has 5 nitrogen and oxygen atoms in total. The van der Waals surface area contributed by atoms with Crippen LogP contribution in [0.15, 0.2) is 23.8 Å². The Morgan fingerprint density at radius 3 is 2.83 bits per heavy atom. The molecule has 0 spiro atoms. The van der Waals surface area contributed by atoms with Crippen LogP contribution < -0.4 is 0 Å². The summed E-state index contributed by atoms with van der Waals surface area (Å²) in [6.45, 7) is 1.79. The third kappa shape index (κ3) is 2.51. The molecule has 1 saturated heterocycles. The molecular formula is C12H10ClNO4. The normalized spacial score (nSPS) is 21.1. The van der Waals surface area contributed by atoms with E-state index in [0.717, 1.165) is 0 Å². The van der Waals surface area contributed by atoms with E-state index in [1.54, 1.807) is 19.1 Å². The summed E-state index contributed by atoms with van der Waals surface area (Å²) in [7, 11) is 0. The van der Waals surface area contributed by atoms with Crippen LogP contribution in [0.25, 0.3) is 6.08 Å². The first-order valence-corrected chi connectivity index (χ1v) is 5.70. The van der Waals surface area contributed by atoms with E-state index in [1.165, 1.54) is 12.1 Å². The Hall–Kier alpha value is -1.88. The predicted octanol–water partition coefficient (Wildman–Crippen LogP) is 2.97. The molecule has 94 valence electrons. The van der Waals surface area contributed by atoms with Gasteiger partial charge in [-0.15, -0.1) is 0 Å². The highest BCUT2D eigenvalue weighted by atomic mass is 35.5. The molecule has 0 saturated carbocycles. The molecule has 2 rings (SSSR count). The van der Waals surface area contributed by atoms with Crippen LogP contribution in [0.3, 0.4) is 0 Å². The minimum absolute atomic E-state index is 0.0736. The van der Waals surface area contributed by atoms with Crippen LogP contribution >= 0.6 is 11.6 Å². The molecular weight excluding hydrogens is 258 g/mol. The lowest BCUT2D eigenvalue weighted by molar-refractivity contribution is -0.384. The van der Waals surface area contributed by atoms with Gasteiger partial charge in [-0.1, -0.05) is 17.7 Å². The van der Waals surface area contributed by atoms with Crippen molar-refractivity contribution >= 4 is 29.3 Å². The van der Waals surface area contributed by atoms with Crippen LogP contribution in [0, 0.1) is 10.1 Å². The SMILES string of the molecule is C[C@H]1C/C(=C/c2ccc(Cl)c([N+](=O)[O-])c2)C(=O)O1. The first-order valence-electron chi connectivity index (χ1n) is 5.33. The number of nitro benzene ring substituents is 1. The lowest BCUT2D eigenvalue weighted by Crippen LogP contribution is -1.99. The van der Waals surface area contributed by atoms with Crippen molar-refractivity contribution in [3.05, 3.63) is 44.5 Å². The summed E-state index contributed by atoms with van der Waals surface area (Å²) in [5.74, 6) is -0.375. The molecule has 6 heteroatoms. The number of benzene rings is 1. The molecule has 1 aliphatic heterocycles. The topological polar surface area (TPSA) is 69.4 Å². The van der Waals surface area contributed by atoms with Gasteiger partial charge in [0.15, 0.2) is 0 Å². The van der Waals surface area contributed by atoms with E-state index in [2.05, 4.69) is 0 Å². The monoisotopic (exact) mass is 267 g/mol. The average molecular weight is 268 g/mol. The van der Waals surface area contributed by atoms with E-state index in [9.17, 15) is 14.9 Å². The number of halogens is 1. The average Bonchev–Trinajstić information content (AvgIpc) is 2.60. The minimum atomic E-state index is -0.556. The van der Waals surface area contributed by atoms with E-state index >= 15 is 0 Å². The Bertz CT molecular complexity index is 553. The lowest BCUT2D eigenvalue weighted by atomic mass is 10.1. The van der Waals surface area contributed by atoms with Gasteiger partial charge >= 0.3 is 5.97 Å². The number of carbonyl (C=O) groups excluding carboxylic acids is 1. The first kappa shape index (κ1) is 12.6. The third-order valence-electron chi connectivity index (χ3n) is 2.59. The highest BCUT2D eigenvalue weighted by Gasteiger charge is 2.25. The molecule has 1 fully saturated rings. The van der Waals surface area contributed by atoms with Crippen LogP contribution in [0.5, 0.6) is 0 Å². The number of hydrogen-bond donors (Lipinski definition) is 0. The van der Waals surface area contributed by atoms with Crippen molar-refractivity contribution in [2.45, 2.75) is 19.4 Å². The Balaban J connectivity index is 2.35. The van der Waals surface area contributed by atoms with Crippen LogP contribution in [-0.4, -0.2) is 17.0 Å². The highest BCUT2D eigenvalue weighted by Crippen LogP contribution is 2.28. The number of ether oxygens (including phenoxy) is 1. The number of carbonyl (C=O) groups is 1. The summed E-state index contributed by atoms with van der Waals surface area (Å²) in [6, 6.07) is 4.40. The Labute approximate surface area is 108 Å². The molecule has 0 amide bonds. The first-order chi connectivity index (χ1) is 8.47. The summed E-state index contributed by atoms with van der Waals surface area (Å²) in [4.78, 5) is 21.6. The molecule has 1 aliphatic rings. The van der Waals surface area contributed by atoms with Gasteiger partial charge in [-0.2, -0.15) is 0 Å². The molecule has 0 aliphatic carbocycles. The van der Waals surface area contributed by atoms with Gasteiger partial charge < -0.3 is 4.74 Å². The molecule has 0 radical (unpaired) electrons. The zero-order valence-corrected chi connectivity index (χ0v) is 10.3. The molecule has 0 aromatic heterocycles. The summed E-state index contributed by atoms with van der Waals surface area (Å²) in [5.41, 5.74) is 0.900. The quantitative estimate of drug-likeness (QED) is 0.357. The Kier molecular flexibility index (Phi) is 3.34. The lowest BCUT2D eigenvalue weighted by Gasteiger charge is -1.98. The van der Waals surface area contributed by atoms with E-state index in [0.29, 0.717) is 17.6 Å². The second-order valence-electron chi connectivity index (χ2n) is 4.06. The molecule has 1 heterocycles. The number of cyclic esters (lactones) is 1. The van der Waals surface area contributed by atoms with Gasteiger partial charge in [0.25, 0.3) is 5.69 Å². The summed E-state index contributed by atoms with van der Waals surface area (Å²) >= 11 is 5.71. The third-order valence-corrected chi connectivity index (χ3v) is 2.91. The van der Waals surface area contributed by atoms with Gasteiger partial charge in [-0.25, -0.2) is 4.79 Å². The second kappa shape index (κ2) is 4.78. The fourth-order valence-electron chi connectivity index (χ4n) is 1.77. The molecule has 1 atom stereocenters. The van der Waals surface area contributed by atoms with Gasteiger partial charge in [0.1, 0.15) is 11.1 Å². The Morgan fingerprint density at radius 2 is 2.28 bits per heavy atom. The zero-order chi connectivity index (χ0) is 13.3. The van der Waals surface area contributed by atoms with Gasteiger partial charge in [-0.3, -0.25) is 10.1 Å². The number of rotatable bonds is 2. The second-order valence-corrected chi connectivity index (χ2v) is 4.46. The van der Waals surface area contributed by atoms with E-state index in [1.807, 2.05) is 0 Å². The minimum Gasteiger partial charge on any atom is -0.459 e. The maximum Gasteiger partial charge on any atom is 0.334 e. The number of esters is 1. The summed E-state index contributed by atoms with van der Waals surface area (Å²) in [6.07, 6.45) is 1.95. The highest BCUT2D eigenvalue weighted by molar-refractivity contribution is 6.32. The van der Waals surface area contributed by atoms with Crippen molar-refractivity contribution in [1.82, 2.24) is 0 Å².